The van der Waals surface area contributed by atoms with E-state index >= 15 is 0 Å². The predicted molar refractivity (Wildman–Crippen MR) is 102 cm³/mol. The molecule has 2 N–H and O–H groups in total. The molecule has 0 bridgehead atoms. The second kappa shape index (κ2) is 7.97. The zero-order valence-electron chi connectivity index (χ0n) is 14.6. The third-order valence-electron chi connectivity index (χ3n) is 4.88. The van der Waals surface area contributed by atoms with E-state index in [2.05, 4.69) is 32.4 Å². The van der Waals surface area contributed by atoms with E-state index in [4.69, 9.17) is 9.47 Å². The molecule has 1 aromatic carbocycles. The molecular formula is C19H23N3O3S. The van der Waals surface area contributed by atoms with Crippen LogP contribution in [0.5, 0.6) is 11.5 Å². The van der Waals surface area contributed by atoms with E-state index in [0.29, 0.717) is 29.6 Å². The normalized spacial score (nSPS) is 17.2. The van der Waals surface area contributed by atoms with Crippen LogP contribution in [0, 0.1) is 5.92 Å². The minimum atomic E-state index is -0.176. The zero-order valence-corrected chi connectivity index (χ0v) is 15.4. The first kappa shape index (κ1) is 17.2. The topological polar surface area (TPSA) is 62.8 Å². The highest BCUT2D eigenvalue weighted by Crippen LogP contribution is 2.34. The zero-order chi connectivity index (χ0) is 17.8. The first-order valence-corrected chi connectivity index (χ1v) is 9.88. The van der Waals surface area contributed by atoms with Crippen molar-refractivity contribution >= 4 is 23.1 Å². The number of piperidine rings is 1. The van der Waals surface area contributed by atoms with Gasteiger partial charge in [-0.3, -0.25) is 4.90 Å². The van der Waals surface area contributed by atoms with Crippen molar-refractivity contribution in [1.82, 2.24) is 10.2 Å². The third kappa shape index (κ3) is 4.28. The van der Waals surface area contributed by atoms with Gasteiger partial charge in [0.25, 0.3) is 0 Å². The van der Waals surface area contributed by atoms with Crippen LogP contribution in [-0.4, -0.2) is 37.4 Å². The van der Waals surface area contributed by atoms with E-state index in [1.807, 2.05) is 6.07 Å². The Morgan fingerprint density at radius 2 is 2.04 bits per heavy atom. The average molecular weight is 373 g/mol. The molecule has 1 fully saturated rings. The molecule has 0 radical (unpaired) electrons. The number of nitrogens with zero attached hydrogens (tertiary/aromatic N) is 1. The fourth-order valence-electron chi connectivity index (χ4n) is 3.38. The van der Waals surface area contributed by atoms with E-state index in [-0.39, 0.29) is 12.8 Å². The Kier molecular flexibility index (Phi) is 5.26. The lowest BCUT2D eigenvalue weighted by Crippen LogP contribution is -2.39. The van der Waals surface area contributed by atoms with Gasteiger partial charge in [0, 0.05) is 24.8 Å². The third-order valence-corrected chi connectivity index (χ3v) is 5.61. The van der Waals surface area contributed by atoms with Crippen LogP contribution in [0.15, 0.2) is 35.0 Å². The molecule has 4 rings (SSSR count). The van der Waals surface area contributed by atoms with Gasteiger partial charge in [0.05, 0.1) is 0 Å². The summed E-state index contributed by atoms with van der Waals surface area (Å²) in [6, 6.07) is 7.42. The smallest absolute Gasteiger partial charge is 0.319 e. The molecule has 7 heteroatoms. The quantitative estimate of drug-likeness (QED) is 0.842. The van der Waals surface area contributed by atoms with Crippen molar-refractivity contribution in [1.29, 1.82) is 0 Å². The number of fused-ring (bicyclic) bond motifs is 1. The highest BCUT2D eigenvalue weighted by atomic mass is 32.1. The molecule has 0 atom stereocenters. The van der Waals surface area contributed by atoms with Crippen LogP contribution in [0.3, 0.4) is 0 Å². The number of amides is 2. The fourth-order valence-corrected chi connectivity index (χ4v) is 4.04. The molecule has 3 heterocycles. The van der Waals surface area contributed by atoms with Crippen molar-refractivity contribution in [3.63, 3.8) is 0 Å². The summed E-state index contributed by atoms with van der Waals surface area (Å²) < 4.78 is 10.6. The van der Waals surface area contributed by atoms with Gasteiger partial charge in [-0.2, -0.15) is 11.3 Å². The second-order valence-corrected chi connectivity index (χ2v) is 7.53. The van der Waals surface area contributed by atoms with Gasteiger partial charge in [0.2, 0.25) is 6.79 Å². The van der Waals surface area contributed by atoms with Gasteiger partial charge >= 0.3 is 6.03 Å². The van der Waals surface area contributed by atoms with E-state index in [0.717, 1.165) is 32.5 Å². The summed E-state index contributed by atoms with van der Waals surface area (Å²) in [5, 5.41) is 10.2. The van der Waals surface area contributed by atoms with Crippen LogP contribution in [0.2, 0.25) is 0 Å². The summed E-state index contributed by atoms with van der Waals surface area (Å²) in [4.78, 5) is 14.6. The number of thiophene rings is 1. The number of ether oxygens (including phenoxy) is 2. The minimum Gasteiger partial charge on any atom is -0.454 e. The molecule has 0 spiro atoms. The molecule has 2 aliphatic rings. The Balaban J connectivity index is 1.18. The molecule has 0 unspecified atom stereocenters. The molecule has 138 valence electrons. The number of likely N-dealkylation sites (tertiary alicyclic amines) is 1. The van der Waals surface area contributed by atoms with Crippen molar-refractivity contribution in [2.75, 3.05) is 31.7 Å². The molecule has 2 aromatic rings. The number of nitrogens with one attached hydrogen (secondary N) is 2. The summed E-state index contributed by atoms with van der Waals surface area (Å²) in [7, 11) is 0. The van der Waals surface area contributed by atoms with Gasteiger partial charge in [-0.1, -0.05) is 0 Å². The lowest BCUT2D eigenvalue weighted by Gasteiger charge is -2.31. The van der Waals surface area contributed by atoms with E-state index in [1.165, 1.54) is 5.56 Å². The maximum atomic E-state index is 12.1. The highest BCUT2D eigenvalue weighted by Gasteiger charge is 2.20. The standard InChI is InChI=1S/C19H23N3O3S/c23-19(21-16-1-2-17-18(9-16)25-13-24-17)20-10-14-3-6-22(7-4-14)11-15-5-8-26-12-15/h1-2,5,8-9,12,14H,3-4,6-7,10-11,13H2,(H2,20,21,23). The molecule has 1 aromatic heterocycles. The van der Waals surface area contributed by atoms with Crippen molar-refractivity contribution in [3.05, 3.63) is 40.6 Å². The molecule has 26 heavy (non-hydrogen) atoms. The number of anilines is 1. The van der Waals surface area contributed by atoms with Crippen molar-refractivity contribution in [2.45, 2.75) is 19.4 Å². The first-order chi connectivity index (χ1) is 12.8. The molecule has 2 amide bonds. The Morgan fingerprint density at radius 3 is 2.85 bits per heavy atom. The van der Waals surface area contributed by atoms with Crippen LogP contribution in [0.25, 0.3) is 0 Å². The van der Waals surface area contributed by atoms with Crippen LogP contribution < -0.4 is 20.1 Å². The SMILES string of the molecule is O=C(NCC1CCN(Cc2ccsc2)CC1)Nc1ccc2c(c1)OCO2. The minimum absolute atomic E-state index is 0.176. The number of rotatable bonds is 5. The van der Waals surface area contributed by atoms with Gasteiger partial charge in [0.15, 0.2) is 11.5 Å². The maximum absolute atomic E-state index is 12.1. The largest absolute Gasteiger partial charge is 0.454 e. The van der Waals surface area contributed by atoms with Gasteiger partial charge in [-0.25, -0.2) is 4.79 Å². The number of carbonyl (C=O) groups is 1. The van der Waals surface area contributed by atoms with Crippen LogP contribution in [-0.2, 0) is 6.54 Å². The summed E-state index contributed by atoms with van der Waals surface area (Å²) >= 11 is 1.75. The Labute approximate surface area is 157 Å². The highest BCUT2D eigenvalue weighted by molar-refractivity contribution is 7.07. The first-order valence-electron chi connectivity index (χ1n) is 8.94. The molecule has 2 aliphatic heterocycles. The monoisotopic (exact) mass is 373 g/mol. The van der Waals surface area contributed by atoms with Crippen LogP contribution in [0.4, 0.5) is 10.5 Å². The van der Waals surface area contributed by atoms with Gasteiger partial charge in [0.1, 0.15) is 0 Å². The van der Waals surface area contributed by atoms with Crippen molar-refractivity contribution in [3.8, 4) is 11.5 Å². The number of urea groups is 1. The van der Waals surface area contributed by atoms with E-state index in [1.54, 1.807) is 23.5 Å². The van der Waals surface area contributed by atoms with Crippen LogP contribution >= 0.6 is 11.3 Å². The van der Waals surface area contributed by atoms with E-state index in [9.17, 15) is 4.79 Å². The lowest BCUT2D eigenvalue weighted by molar-refractivity contribution is 0.174. The van der Waals surface area contributed by atoms with Crippen LogP contribution in [0.1, 0.15) is 18.4 Å². The fraction of sp³-hybridized carbons (Fsp3) is 0.421. The summed E-state index contributed by atoms with van der Waals surface area (Å²) in [5.74, 6) is 1.92. The molecule has 6 nitrogen and oxygen atoms in total. The van der Waals surface area contributed by atoms with Gasteiger partial charge in [-0.05, 0) is 66.4 Å². The van der Waals surface area contributed by atoms with Crippen molar-refractivity contribution in [2.24, 2.45) is 5.92 Å². The molecular weight excluding hydrogens is 350 g/mol. The number of hydrogen-bond acceptors (Lipinski definition) is 5. The van der Waals surface area contributed by atoms with E-state index < -0.39 is 0 Å². The maximum Gasteiger partial charge on any atom is 0.319 e. The lowest BCUT2D eigenvalue weighted by atomic mass is 9.96. The molecule has 0 aliphatic carbocycles. The Bertz CT molecular complexity index is 742. The Morgan fingerprint density at radius 1 is 1.19 bits per heavy atom. The molecule has 1 saturated heterocycles. The number of hydrogen-bond donors (Lipinski definition) is 2. The Hall–Kier alpha value is -2.25. The number of benzene rings is 1. The predicted octanol–water partition coefficient (Wildman–Crippen LogP) is 3.51. The molecule has 0 saturated carbocycles. The van der Waals surface area contributed by atoms with Crippen molar-refractivity contribution < 1.29 is 14.3 Å². The summed E-state index contributed by atoms with van der Waals surface area (Å²) in [6.07, 6.45) is 2.24. The van der Waals surface area contributed by atoms with Gasteiger partial charge < -0.3 is 20.1 Å². The average Bonchev–Trinajstić information content (AvgIpc) is 3.32. The summed E-state index contributed by atoms with van der Waals surface area (Å²) in [5.41, 5.74) is 2.10. The summed E-state index contributed by atoms with van der Waals surface area (Å²) in [6.45, 7) is 4.16. The van der Waals surface area contributed by atoms with Gasteiger partial charge in [-0.15, -0.1) is 0 Å². The number of carbonyl (C=O) groups excluding carboxylic acids is 1. The second-order valence-electron chi connectivity index (χ2n) is 6.75.